The standard InChI is InChI=1S/C9H13NO4/c11-8(10-5-1-2-5)6-3-4-7(14-6)9(12)13/h5-7H,1-4H2,(H,10,11)(H,12,13)/t6-,7+/m0/s1. The molecule has 2 atom stereocenters. The molecular formula is C9H13NO4. The molecule has 78 valence electrons. The monoisotopic (exact) mass is 199 g/mol. The molecule has 0 unspecified atom stereocenters. The lowest BCUT2D eigenvalue weighted by Crippen LogP contribution is -2.36. The Balaban J connectivity index is 1.81. The molecule has 2 rings (SSSR count). The molecule has 1 heterocycles. The van der Waals surface area contributed by atoms with E-state index in [9.17, 15) is 9.59 Å². The van der Waals surface area contributed by atoms with Crippen molar-refractivity contribution in [2.45, 2.75) is 43.9 Å². The lowest BCUT2D eigenvalue weighted by molar-refractivity contribution is -0.151. The SMILES string of the molecule is O=C(NC1CC1)[C@@H]1CC[C@H](C(=O)O)O1. The number of rotatable bonds is 3. The highest BCUT2D eigenvalue weighted by molar-refractivity contribution is 5.83. The topological polar surface area (TPSA) is 75.6 Å². The van der Waals surface area contributed by atoms with E-state index in [0.29, 0.717) is 18.9 Å². The largest absolute Gasteiger partial charge is 0.479 e. The fraction of sp³-hybridized carbons (Fsp3) is 0.778. The maximum Gasteiger partial charge on any atom is 0.332 e. The number of amides is 1. The number of ether oxygens (including phenoxy) is 1. The Kier molecular flexibility index (Phi) is 2.41. The molecule has 2 fully saturated rings. The Morgan fingerprint density at radius 3 is 2.29 bits per heavy atom. The van der Waals surface area contributed by atoms with E-state index in [2.05, 4.69) is 5.32 Å². The molecule has 1 aliphatic carbocycles. The van der Waals surface area contributed by atoms with Crippen molar-refractivity contribution >= 4 is 11.9 Å². The first-order chi connectivity index (χ1) is 6.66. The molecule has 5 heteroatoms. The molecule has 1 saturated heterocycles. The van der Waals surface area contributed by atoms with E-state index >= 15 is 0 Å². The van der Waals surface area contributed by atoms with Crippen LogP contribution in [0.1, 0.15) is 25.7 Å². The van der Waals surface area contributed by atoms with Crippen LogP contribution < -0.4 is 5.32 Å². The zero-order valence-corrected chi connectivity index (χ0v) is 7.73. The third-order valence-electron chi connectivity index (χ3n) is 2.51. The highest BCUT2D eigenvalue weighted by Crippen LogP contribution is 2.23. The second-order valence-corrected chi connectivity index (χ2v) is 3.81. The number of hydrogen-bond donors (Lipinski definition) is 2. The molecule has 1 aliphatic heterocycles. The van der Waals surface area contributed by atoms with Gasteiger partial charge in [0.15, 0.2) is 6.10 Å². The fourth-order valence-electron chi connectivity index (χ4n) is 1.53. The van der Waals surface area contributed by atoms with Gasteiger partial charge in [-0.2, -0.15) is 0 Å². The van der Waals surface area contributed by atoms with E-state index < -0.39 is 18.2 Å². The number of hydrogen-bond acceptors (Lipinski definition) is 3. The number of aliphatic carboxylic acids is 1. The predicted octanol–water partition coefficient (Wildman–Crippen LogP) is -0.103. The van der Waals surface area contributed by atoms with Crippen LogP contribution in [0.2, 0.25) is 0 Å². The normalized spacial score (nSPS) is 31.4. The van der Waals surface area contributed by atoms with E-state index in [-0.39, 0.29) is 5.91 Å². The minimum Gasteiger partial charge on any atom is -0.479 e. The summed E-state index contributed by atoms with van der Waals surface area (Å²) in [7, 11) is 0. The third kappa shape index (κ3) is 2.04. The van der Waals surface area contributed by atoms with Crippen LogP contribution in [0.3, 0.4) is 0 Å². The minimum absolute atomic E-state index is 0.156. The van der Waals surface area contributed by atoms with Gasteiger partial charge >= 0.3 is 5.97 Å². The first-order valence-electron chi connectivity index (χ1n) is 4.85. The van der Waals surface area contributed by atoms with Crippen molar-refractivity contribution in [2.24, 2.45) is 0 Å². The van der Waals surface area contributed by atoms with Gasteiger partial charge in [0, 0.05) is 6.04 Å². The Morgan fingerprint density at radius 2 is 1.79 bits per heavy atom. The molecular weight excluding hydrogens is 186 g/mol. The van der Waals surface area contributed by atoms with Gasteiger partial charge in [-0.3, -0.25) is 4.79 Å². The molecule has 1 saturated carbocycles. The molecule has 2 aliphatic rings. The zero-order valence-electron chi connectivity index (χ0n) is 7.73. The fourth-order valence-corrected chi connectivity index (χ4v) is 1.53. The van der Waals surface area contributed by atoms with Crippen molar-refractivity contribution in [3.05, 3.63) is 0 Å². The smallest absolute Gasteiger partial charge is 0.332 e. The predicted molar refractivity (Wildman–Crippen MR) is 46.7 cm³/mol. The Hall–Kier alpha value is -1.10. The summed E-state index contributed by atoms with van der Waals surface area (Å²) in [5.74, 6) is -1.14. The maximum absolute atomic E-state index is 11.4. The Labute approximate surface area is 81.4 Å². The van der Waals surface area contributed by atoms with Gasteiger partial charge in [0.1, 0.15) is 6.10 Å². The average molecular weight is 199 g/mol. The molecule has 0 spiro atoms. The van der Waals surface area contributed by atoms with Crippen LogP contribution in [0.15, 0.2) is 0 Å². The number of carboxylic acids is 1. The summed E-state index contributed by atoms with van der Waals surface area (Å²) >= 11 is 0. The summed E-state index contributed by atoms with van der Waals surface area (Å²) in [4.78, 5) is 22.0. The van der Waals surface area contributed by atoms with E-state index in [1.54, 1.807) is 0 Å². The first kappa shape index (κ1) is 9.45. The quantitative estimate of drug-likeness (QED) is 0.665. The second kappa shape index (κ2) is 3.57. The summed E-state index contributed by atoms with van der Waals surface area (Å²) in [6, 6.07) is 0.301. The number of nitrogens with one attached hydrogen (secondary N) is 1. The van der Waals surface area contributed by atoms with Gasteiger partial charge in [-0.15, -0.1) is 0 Å². The average Bonchev–Trinajstić information content (AvgIpc) is 2.81. The minimum atomic E-state index is -0.980. The van der Waals surface area contributed by atoms with Gasteiger partial charge in [0.2, 0.25) is 5.91 Å². The Morgan fingerprint density at radius 1 is 1.14 bits per heavy atom. The highest BCUT2D eigenvalue weighted by atomic mass is 16.5. The van der Waals surface area contributed by atoms with Crippen molar-refractivity contribution in [3.8, 4) is 0 Å². The zero-order chi connectivity index (χ0) is 10.1. The summed E-state index contributed by atoms with van der Waals surface area (Å²) < 4.78 is 5.10. The van der Waals surface area contributed by atoms with Crippen molar-refractivity contribution in [2.75, 3.05) is 0 Å². The highest BCUT2D eigenvalue weighted by Gasteiger charge is 2.36. The summed E-state index contributed by atoms with van der Waals surface area (Å²) in [5, 5.41) is 11.4. The molecule has 0 radical (unpaired) electrons. The first-order valence-corrected chi connectivity index (χ1v) is 4.85. The van der Waals surface area contributed by atoms with Crippen molar-refractivity contribution in [3.63, 3.8) is 0 Å². The van der Waals surface area contributed by atoms with Gasteiger partial charge < -0.3 is 15.2 Å². The van der Waals surface area contributed by atoms with Crippen LogP contribution in [0, 0.1) is 0 Å². The molecule has 14 heavy (non-hydrogen) atoms. The molecule has 0 aromatic rings. The third-order valence-corrected chi connectivity index (χ3v) is 2.51. The van der Waals surface area contributed by atoms with E-state index in [1.807, 2.05) is 0 Å². The van der Waals surface area contributed by atoms with Gasteiger partial charge in [0.05, 0.1) is 0 Å². The number of carboxylic acid groups (broad SMARTS) is 1. The summed E-state index contributed by atoms with van der Waals surface area (Å²) in [6.07, 6.45) is 1.64. The summed E-state index contributed by atoms with van der Waals surface area (Å²) in [5.41, 5.74) is 0. The van der Waals surface area contributed by atoms with Crippen molar-refractivity contribution in [1.82, 2.24) is 5.32 Å². The molecule has 0 bridgehead atoms. The number of carbonyl (C=O) groups excluding carboxylic acids is 1. The molecule has 1 amide bonds. The second-order valence-electron chi connectivity index (χ2n) is 3.81. The maximum atomic E-state index is 11.4. The molecule has 2 N–H and O–H groups in total. The van der Waals surface area contributed by atoms with Gasteiger partial charge in [0.25, 0.3) is 0 Å². The van der Waals surface area contributed by atoms with E-state index in [0.717, 1.165) is 12.8 Å². The van der Waals surface area contributed by atoms with Crippen molar-refractivity contribution in [1.29, 1.82) is 0 Å². The Bertz CT molecular complexity index is 262. The molecule has 0 aromatic heterocycles. The van der Waals surface area contributed by atoms with Crippen LogP contribution in [0.5, 0.6) is 0 Å². The molecule has 5 nitrogen and oxygen atoms in total. The van der Waals surface area contributed by atoms with Gasteiger partial charge in [-0.05, 0) is 25.7 Å². The van der Waals surface area contributed by atoms with E-state index in [1.165, 1.54) is 0 Å². The van der Waals surface area contributed by atoms with Crippen molar-refractivity contribution < 1.29 is 19.4 Å². The van der Waals surface area contributed by atoms with Crippen LogP contribution in [-0.4, -0.2) is 35.2 Å². The van der Waals surface area contributed by atoms with Gasteiger partial charge in [-0.25, -0.2) is 4.79 Å². The van der Waals surface area contributed by atoms with Crippen LogP contribution in [-0.2, 0) is 14.3 Å². The lowest BCUT2D eigenvalue weighted by atomic mass is 10.2. The lowest BCUT2D eigenvalue weighted by Gasteiger charge is -2.10. The van der Waals surface area contributed by atoms with Crippen LogP contribution in [0.25, 0.3) is 0 Å². The summed E-state index contributed by atoms with van der Waals surface area (Å²) in [6.45, 7) is 0. The van der Waals surface area contributed by atoms with E-state index in [4.69, 9.17) is 9.84 Å². The van der Waals surface area contributed by atoms with Crippen LogP contribution >= 0.6 is 0 Å². The number of carbonyl (C=O) groups is 2. The van der Waals surface area contributed by atoms with Crippen LogP contribution in [0.4, 0.5) is 0 Å². The molecule has 0 aromatic carbocycles. The van der Waals surface area contributed by atoms with Gasteiger partial charge in [-0.1, -0.05) is 0 Å².